The van der Waals surface area contributed by atoms with Gasteiger partial charge in [-0.3, -0.25) is 4.79 Å². The molecule has 0 radical (unpaired) electrons. The van der Waals surface area contributed by atoms with E-state index >= 15 is 0 Å². The van der Waals surface area contributed by atoms with Gasteiger partial charge in [0.05, 0.1) is 11.8 Å². The van der Waals surface area contributed by atoms with Gasteiger partial charge < -0.3 is 24.5 Å². The van der Waals surface area contributed by atoms with Crippen LogP contribution in [0.1, 0.15) is 18.7 Å². The minimum absolute atomic E-state index is 0.0124. The lowest BCUT2D eigenvalue weighted by atomic mass is 10.2. The smallest absolute Gasteiger partial charge is 0.227 e. The van der Waals surface area contributed by atoms with E-state index in [2.05, 4.69) is 25.7 Å². The molecule has 0 unspecified atom stereocenters. The van der Waals surface area contributed by atoms with Crippen molar-refractivity contribution in [3.8, 4) is 11.4 Å². The maximum atomic E-state index is 11.9. The van der Waals surface area contributed by atoms with Crippen molar-refractivity contribution >= 4 is 5.91 Å². The number of aryl methyl sites for hydroxylation is 1. The minimum atomic E-state index is 0.0124. The number of carbonyl (C=O) groups is 1. The fourth-order valence-corrected chi connectivity index (χ4v) is 2.64. The summed E-state index contributed by atoms with van der Waals surface area (Å²) in [6.45, 7) is 6.01. The molecular weight excluding hydrogens is 310 g/mol. The summed E-state index contributed by atoms with van der Waals surface area (Å²) in [6, 6.07) is 1.76. The zero-order valence-electron chi connectivity index (χ0n) is 13.7. The standard InChI is InChI=1S/C16H23N5O3/c22-14(18-5-1-8-21-9-6-17-7-10-21)2-3-15-19-16(20-24-15)13-4-11-23-12-13/h4,11-12,17H,1-3,5-10H2,(H,18,22). The number of piperazine rings is 1. The van der Waals surface area contributed by atoms with Crippen molar-refractivity contribution in [2.24, 2.45) is 0 Å². The molecule has 1 saturated heterocycles. The van der Waals surface area contributed by atoms with E-state index in [4.69, 9.17) is 8.94 Å². The van der Waals surface area contributed by atoms with Gasteiger partial charge in [0, 0.05) is 45.6 Å². The first-order valence-corrected chi connectivity index (χ1v) is 8.36. The summed E-state index contributed by atoms with van der Waals surface area (Å²) in [5.74, 6) is 0.954. The summed E-state index contributed by atoms with van der Waals surface area (Å²) in [6.07, 6.45) is 4.87. The van der Waals surface area contributed by atoms with Gasteiger partial charge in [-0.2, -0.15) is 4.98 Å². The lowest BCUT2D eigenvalue weighted by molar-refractivity contribution is -0.121. The quantitative estimate of drug-likeness (QED) is 0.686. The third kappa shape index (κ3) is 4.90. The molecule has 3 rings (SSSR count). The molecule has 0 saturated carbocycles. The third-order valence-corrected chi connectivity index (χ3v) is 4.00. The molecule has 130 valence electrons. The molecule has 0 spiro atoms. The molecule has 3 heterocycles. The van der Waals surface area contributed by atoms with Crippen LogP contribution in [-0.4, -0.2) is 60.2 Å². The number of furan rings is 1. The van der Waals surface area contributed by atoms with E-state index in [9.17, 15) is 4.79 Å². The number of carbonyl (C=O) groups excluding carboxylic acids is 1. The maximum absolute atomic E-state index is 11.9. The number of amides is 1. The zero-order valence-corrected chi connectivity index (χ0v) is 13.7. The summed E-state index contributed by atoms with van der Waals surface area (Å²) in [7, 11) is 0. The lowest BCUT2D eigenvalue weighted by Crippen LogP contribution is -2.44. The van der Waals surface area contributed by atoms with E-state index in [0.29, 0.717) is 31.1 Å². The van der Waals surface area contributed by atoms with Crippen molar-refractivity contribution in [3.05, 3.63) is 24.5 Å². The second-order valence-corrected chi connectivity index (χ2v) is 5.82. The topological polar surface area (TPSA) is 96.4 Å². The van der Waals surface area contributed by atoms with Gasteiger partial charge in [-0.15, -0.1) is 0 Å². The highest BCUT2D eigenvalue weighted by Crippen LogP contribution is 2.16. The van der Waals surface area contributed by atoms with Crippen LogP contribution < -0.4 is 10.6 Å². The van der Waals surface area contributed by atoms with E-state index in [1.807, 2.05) is 0 Å². The van der Waals surface area contributed by atoms with Crippen LogP contribution in [0, 0.1) is 0 Å². The fourth-order valence-electron chi connectivity index (χ4n) is 2.64. The number of aromatic nitrogens is 2. The van der Waals surface area contributed by atoms with Crippen molar-refractivity contribution in [1.82, 2.24) is 25.7 Å². The molecule has 8 heteroatoms. The Morgan fingerprint density at radius 1 is 1.38 bits per heavy atom. The predicted octanol–water partition coefficient (Wildman–Crippen LogP) is 0.674. The molecule has 0 atom stereocenters. The van der Waals surface area contributed by atoms with Crippen molar-refractivity contribution in [2.45, 2.75) is 19.3 Å². The van der Waals surface area contributed by atoms with E-state index in [1.54, 1.807) is 18.6 Å². The second-order valence-electron chi connectivity index (χ2n) is 5.82. The summed E-state index contributed by atoms with van der Waals surface area (Å²) in [4.78, 5) is 18.5. The number of hydrogen-bond donors (Lipinski definition) is 2. The Bertz CT molecular complexity index is 619. The molecule has 1 amide bonds. The molecule has 2 aromatic heterocycles. The molecule has 1 aliphatic rings. The first kappa shape index (κ1) is 16.7. The van der Waals surface area contributed by atoms with Gasteiger partial charge in [0.25, 0.3) is 0 Å². The SMILES string of the molecule is O=C(CCc1nc(-c2ccoc2)no1)NCCCN1CCNCC1. The predicted molar refractivity (Wildman–Crippen MR) is 87.3 cm³/mol. The molecule has 1 fully saturated rings. The Morgan fingerprint density at radius 2 is 2.25 bits per heavy atom. The van der Waals surface area contributed by atoms with Crippen molar-refractivity contribution in [2.75, 3.05) is 39.3 Å². The number of nitrogens with one attached hydrogen (secondary N) is 2. The molecular formula is C16H23N5O3. The van der Waals surface area contributed by atoms with Crippen LogP contribution in [0.5, 0.6) is 0 Å². The lowest BCUT2D eigenvalue weighted by Gasteiger charge is -2.27. The van der Waals surface area contributed by atoms with Crippen LogP contribution in [-0.2, 0) is 11.2 Å². The van der Waals surface area contributed by atoms with Crippen LogP contribution in [0.15, 0.2) is 27.5 Å². The second kappa shape index (κ2) is 8.60. The molecule has 2 N–H and O–H groups in total. The first-order valence-electron chi connectivity index (χ1n) is 8.36. The summed E-state index contributed by atoms with van der Waals surface area (Å²) < 4.78 is 10.1. The molecule has 0 bridgehead atoms. The van der Waals surface area contributed by atoms with Gasteiger partial charge in [0.15, 0.2) is 0 Å². The summed E-state index contributed by atoms with van der Waals surface area (Å²) in [5, 5.41) is 10.1. The Hall–Kier alpha value is -2.19. The van der Waals surface area contributed by atoms with Crippen LogP contribution in [0.25, 0.3) is 11.4 Å². The van der Waals surface area contributed by atoms with Gasteiger partial charge in [0.2, 0.25) is 17.6 Å². The van der Waals surface area contributed by atoms with E-state index in [1.165, 1.54) is 0 Å². The van der Waals surface area contributed by atoms with E-state index < -0.39 is 0 Å². The number of rotatable bonds is 8. The Balaban J connectivity index is 1.31. The van der Waals surface area contributed by atoms with Gasteiger partial charge in [-0.1, -0.05) is 5.16 Å². The van der Waals surface area contributed by atoms with Crippen LogP contribution in [0.2, 0.25) is 0 Å². The number of hydrogen-bond acceptors (Lipinski definition) is 7. The van der Waals surface area contributed by atoms with Gasteiger partial charge in [-0.25, -0.2) is 0 Å². The van der Waals surface area contributed by atoms with Crippen molar-refractivity contribution < 1.29 is 13.7 Å². The normalized spacial score (nSPS) is 15.5. The van der Waals surface area contributed by atoms with E-state index in [0.717, 1.165) is 44.7 Å². The summed E-state index contributed by atoms with van der Waals surface area (Å²) in [5.41, 5.74) is 0.766. The van der Waals surface area contributed by atoms with Crippen LogP contribution in [0.4, 0.5) is 0 Å². The number of nitrogens with zero attached hydrogens (tertiary/aromatic N) is 3. The average Bonchev–Trinajstić information content (AvgIpc) is 3.29. The monoisotopic (exact) mass is 333 g/mol. The van der Waals surface area contributed by atoms with Crippen LogP contribution in [0.3, 0.4) is 0 Å². The first-order chi connectivity index (χ1) is 11.8. The average molecular weight is 333 g/mol. The van der Waals surface area contributed by atoms with Gasteiger partial charge in [-0.05, 0) is 19.0 Å². The molecule has 0 aromatic carbocycles. The highest BCUT2D eigenvalue weighted by atomic mass is 16.5. The highest BCUT2D eigenvalue weighted by Gasteiger charge is 2.12. The largest absolute Gasteiger partial charge is 0.472 e. The van der Waals surface area contributed by atoms with Crippen molar-refractivity contribution in [1.29, 1.82) is 0 Å². The minimum Gasteiger partial charge on any atom is -0.472 e. The van der Waals surface area contributed by atoms with Crippen LogP contribution >= 0.6 is 0 Å². The Labute approximate surface area is 140 Å². The van der Waals surface area contributed by atoms with E-state index in [-0.39, 0.29) is 5.91 Å². The zero-order chi connectivity index (χ0) is 16.6. The molecule has 0 aliphatic carbocycles. The Morgan fingerprint density at radius 3 is 3.04 bits per heavy atom. The van der Waals surface area contributed by atoms with Gasteiger partial charge >= 0.3 is 0 Å². The highest BCUT2D eigenvalue weighted by molar-refractivity contribution is 5.75. The maximum Gasteiger partial charge on any atom is 0.227 e. The molecule has 1 aliphatic heterocycles. The van der Waals surface area contributed by atoms with Gasteiger partial charge in [0.1, 0.15) is 6.26 Å². The fraction of sp³-hybridized carbons (Fsp3) is 0.562. The molecule has 24 heavy (non-hydrogen) atoms. The molecule has 8 nitrogen and oxygen atoms in total. The summed E-state index contributed by atoms with van der Waals surface area (Å²) >= 11 is 0. The van der Waals surface area contributed by atoms with Crippen molar-refractivity contribution in [3.63, 3.8) is 0 Å². The third-order valence-electron chi connectivity index (χ3n) is 4.00. The Kier molecular flexibility index (Phi) is 5.97. The molecule has 2 aromatic rings.